The molecule has 0 bridgehead atoms. The van der Waals surface area contributed by atoms with Crippen LogP contribution in [0.5, 0.6) is 0 Å². The summed E-state index contributed by atoms with van der Waals surface area (Å²) in [5.74, 6) is 0.708. The summed E-state index contributed by atoms with van der Waals surface area (Å²) in [7, 11) is -3.13. The Morgan fingerprint density at radius 1 is 1.28 bits per heavy atom. The van der Waals surface area contributed by atoms with Crippen molar-refractivity contribution in [3.05, 3.63) is 34.9 Å². The van der Waals surface area contributed by atoms with Crippen LogP contribution in [0.15, 0.2) is 29.3 Å². The molecule has 1 rings (SSSR count). The highest BCUT2D eigenvalue weighted by Crippen LogP contribution is 2.11. The summed E-state index contributed by atoms with van der Waals surface area (Å²) in [6.07, 6.45) is 1.95. The number of sulfonamides is 1. The summed E-state index contributed by atoms with van der Waals surface area (Å²) in [5, 5.41) is 7.09. The van der Waals surface area contributed by atoms with E-state index < -0.39 is 10.0 Å². The van der Waals surface area contributed by atoms with Crippen molar-refractivity contribution in [3.8, 4) is 0 Å². The zero-order valence-electron chi connectivity index (χ0n) is 15.0. The molecule has 1 aromatic carbocycles. The first-order valence-corrected chi connectivity index (χ1v) is 10.3. The molecule has 0 aliphatic carbocycles. The Morgan fingerprint density at radius 2 is 2.00 bits per heavy atom. The fourth-order valence-corrected chi connectivity index (χ4v) is 3.31. The van der Waals surface area contributed by atoms with E-state index in [1.807, 2.05) is 38.1 Å². The van der Waals surface area contributed by atoms with E-state index >= 15 is 0 Å². The first-order valence-electron chi connectivity index (χ1n) is 8.08. The molecule has 0 heterocycles. The predicted molar refractivity (Wildman–Crippen MR) is 116 cm³/mol. The molecule has 0 unspecified atom stereocenters. The van der Waals surface area contributed by atoms with Crippen molar-refractivity contribution < 1.29 is 8.42 Å². The third-order valence-electron chi connectivity index (χ3n) is 3.35. The molecular formula is C16H28ClIN4O2S. The molecule has 25 heavy (non-hydrogen) atoms. The molecule has 2 N–H and O–H groups in total. The number of hydrogen-bond donors (Lipinski definition) is 2. The van der Waals surface area contributed by atoms with E-state index in [0.29, 0.717) is 43.6 Å². The Balaban J connectivity index is 0.00000576. The van der Waals surface area contributed by atoms with Crippen LogP contribution in [0.3, 0.4) is 0 Å². The van der Waals surface area contributed by atoms with Crippen LogP contribution in [0.1, 0.15) is 25.8 Å². The molecule has 0 aromatic heterocycles. The molecule has 0 radical (unpaired) electrons. The minimum atomic E-state index is -3.13. The number of nitrogens with one attached hydrogen (secondary N) is 2. The van der Waals surface area contributed by atoms with Crippen molar-refractivity contribution >= 4 is 51.6 Å². The molecule has 0 aliphatic heterocycles. The van der Waals surface area contributed by atoms with Crippen LogP contribution in [-0.4, -0.2) is 51.1 Å². The van der Waals surface area contributed by atoms with Gasteiger partial charge in [-0.25, -0.2) is 17.7 Å². The number of guanidine groups is 1. The van der Waals surface area contributed by atoms with Crippen molar-refractivity contribution in [2.45, 2.75) is 26.8 Å². The van der Waals surface area contributed by atoms with E-state index in [4.69, 9.17) is 11.6 Å². The van der Waals surface area contributed by atoms with Crippen molar-refractivity contribution in [1.82, 2.24) is 14.9 Å². The highest BCUT2D eigenvalue weighted by Gasteiger charge is 2.13. The van der Waals surface area contributed by atoms with Crippen LogP contribution in [-0.2, 0) is 16.6 Å². The zero-order valence-corrected chi connectivity index (χ0v) is 18.9. The molecule has 0 spiro atoms. The molecule has 0 aliphatic rings. The quantitative estimate of drug-likeness (QED) is 0.236. The molecule has 0 atom stereocenters. The molecular weight excluding hydrogens is 475 g/mol. The summed E-state index contributed by atoms with van der Waals surface area (Å²) < 4.78 is 24.5. The van der Waals surface area contributed by atoms with Crippen molar-refractivity contribution in [2.75, 3.05) is 32.4 Å². The second-order valence-corrected chi connectivity index (χ2v) is 7.78. The van der Waals surface area contributed by atoms with Gasteiger partial charge >= 0.3 is 0 Å². The average Bonchev–Trinajstić information content (AvgIpc) is 2.51. The van der Waals surface area contributed by atoms with E-state index in [2.05, 4.69) is 15.6 Å². The van der Waals surface area contributed by atoms with Crippen molar-refractivity contribution in [1.29, 1.82) is 0 Å². The van der Waals surface area contributed by atoms with E-state index in [0.717, 1.165) is 12.1 Å². The lowest BCUT2D eigenvalue weighted by molar-refractivity contribution is 0.424. The monoisotopic (exact) mass is 502 g/mol. The van der Waals surface area contributed by atoms with Gasteiger partial charge in [0.15, 0.2) is 5.96 Å². The van der Waals surface area contributed by atoms with E-state index in [-0.39, 0.29) is 24.0 Å². The van der Waals surface area contributed by atoms with Crippen LogP contribution in [0.4, 0.5) is 0 Å². The number of benzene rings is 1. The Labute approximate surface area is 173 Å². The number of nitrogens with zero attached hydrogens (tertiary/aromatic N) is 2. The van der Waals surface area contributed by atoms with E-state index in [9.17, 15) is 8.42 Å². The molecule has 144 valence electrons. The predicted octanol–water partition coefficient (Wildman–Crippen LogP) is 2.68. The molecule has 0 fully saturated rings. The van der Waals surface area contributed by atoms with Crippen LogP contribution < -0.4 is 10.6 Å². The zero-order chi connectivity index (χ0) is 18.0. The third kappa shape index (κ3) is 10.2. The van der Waals surface area contributed by atoms with Crippen LogP contribution in [0.25, 0.3) is 0 Å². The van der Waals surface area contributed by atoms with Gasteiger partial charge in [0.1, 0.15) is 0 Å². The summed E-state index contributed by atoms with van der Waals surface area (Å²) in [4.78, 5) is 4.51. The number of aliphatic imine (C=N–C) groups is 1. The van der Waals surface area contributed by atoms with Crippen LogP contribution in [0, 0.1) is 0 Å². The minimum Gasteiger partial charge on any atom is -0.357 e. The lowest BCUT2D eigenvalue weighted by Gasteiger charge is -2.18. The van der Waals surface area contributed by atoms with Gasteiger partial charge in [0.25, 0.3) is 0 Å². The lowest BCUT2D eigenvalue weighted by Crippen LogP contribution is -2.39. The standard InChI is InChI=1S/C16H27ClN4O2S.HI/c1-4-18-16(20-13-14-8-6-9-15(17)12-14)19-10-7-11-21(5-2)24(3,22)23;/h6,8-9,12H,4-5,7,10-11,13H2,1-3H3,(H2,18,19,20);1H. The minimum absolute atomic E-state index is 0. The summed E-state index contributed by atoms with van der Waals surface area (Å²) in [6.45, 7) is 6.75. The molecule has 6 nitrogen and oxygen atoms in total. The van der Waals surface area contributed by atoms with Gasteiger partial charge in [-0.3, -0.25) is 0 Å². The van der Waals surface area contributed by atoms with E-state index in [1.54, 1.807) is 0 Å². The van der Waals surface area contributed by atoms with Crippen molar-refractivity contribution in [3.63, 3.8) is 0 Å². The fraction of sp³-hybridized carbons (Fsp3) is 0.562. The second-order valence-electron chi connectivity index (χ2n) is 5.36. The fourth-order valence-electron chi connectivity index (χ4n) is 2.17. The second kappa shape index (κ2) is 12.7. The van der Waals surface area contributed by atoms with Gasteiger partial charge in [-0.05, 0) is 31.0 Å². The highest BCUT2D eigenvalue weighted by molar-refractivity contribution is 14.0. The summed E-state index contributed by atoms with van der Waals surface area (Å²) >= 11 is 5.97. The Hall–Kier alpha value is -0.580. The Bertz CT molecular complexity index is 641. The molecule has 0 amide bonds. The maximum absolute atomic E-state index is 11.5. The maximum Gasteiger partial charge on any atom is 0.211 e. The molecule has 1 aromatic rings. The van der Waals surface area contributed by atoms with Crippen molar-refractivity contribution in [2.24, 2.45) is 4.99 Å². The van der Waals surface area contributed by atoms with Gasteiger partial charge in [-0.2, -0.15) is 0 Å². The van der Waals surface area contributed by atoms with Gasteiger partial charge in [0.05, 0.1) is 12.8 Å². The lowest BCUT2D eigenvalue weighted by atomic mass is 10.2. The molecule has 0 saturated heterocycles. The van der Waals surface area contributed by atoms with Crippen LogP contribution in [0.2, 0.25) is 5.02 Å². The largest absolute Gasteiger partial charge is 0.357 e. The molecule has 0 saturated carbocycles. The highest BCUT2D eigenvalue weighted by atomic mass is 127. The van der Waals surface area contributed by atoms with E-state index in [1.165, 1.54) is 10.6 Å². The first-order chi connectivity index (χ1) is 11.4. The molecule has 9 heteroatoms. The smallest absolute Gasteiger partial charge is 0.211 e. The Kier molecular flexibility index (Phi) is 12.4. The summed E-state index contributed by atoms with van der Waals surface area (Å²) in [5.41, 5.74) is 1.04. The number of halogens is 2. The third-order valence-corrected chi connectivity index (χ3v) is 4.97. The van der Waals surface area contributed by atoms with Gasteiger partial charge in [-0.15, -0.1) is 24.0 Å². The SMILES string of the molecule is CCNC(=NCc1cccc(Cl)c1)NCCCN(CC)S(C)(=O)=O.I. The van der Waals surface area contributed by atoms with Gasteiger partial charge in [0.2, 0.25) is 10.0 Å². The number of hydrogen-bond acceptors (Lipinski definition) is 3. The summed E-state index contributed by atoms with van der Waals surface area (Å²) in [6, 6.07) is 7.60. The van der Waals surface area contributed by atoms with Crippen LogP contribution >= 0.6 is 35.6 Å². The average molecular weight is 503 g/mol. The first kappa shape index (κ1) is 24.4. The number of rotatable bonds is 9. The van der Waals surface area contributed by atoms with Gasteiger partial charge in [0, 0.05) is 31.2 Å². The topological polar surface area (TPSA) is 73.8 Å². The van der Waals surface area contributed by atoms with Gasteiger partial charge in [-0.1, -0.05) is 30.7 Å². The maximum atomic E-state index is 11.5. The normalized spacial score (nSPS) is 12.0. The van der Waals surface area contributed by atoms with Gasteiger partial charge < -0.3 is 10.6 Å². The Morgan fingerprint density at radius 3 is 2.56 bits per heavy atom.